The van der Waals surface area contributed by atoms with Crippen LogP contribution in [0.4, 0.5) is 13.2 Å². The first-order valence-electron chi connectivity index (χ1n) is 6.46. The molecule has 1 heterocycles. The van der Waals surface area contributed by atoms with Crippen molar-refractivity contribution in [1.29, 1.82) is 0 Å². The van der Waals surface area contributed by atoms with E-state index in [0.29, 0.717) is 12.3 Å². The van der Waals surface area contributed by atoms with Crippen molar-refractivity contribution in [2.45, 2.75) is 43.8 Å². The normalized spacial score (nSPS) is 12.8. The molecule has 0 bridgehead atoms. The molecule has 0 radical (unpaired) electrons. The zero-order valence-electron chi connectivity index (χ0n) is 11.9. The molecule has 0 amide bonds. The van der Waals surface area contributed by atoms with E-state index < -0.39 is 22.6 Å². The van der Waals surface area contributed by atoms with Gasteiger partial charge in [0, 0.05) is 19.0 Å². The minimum absolute atomic E-state index is 0.0172. The summed E-state index contributed by atoms with van der Waals surface area (Å²) in [5, 5.41) is 2.83. The molecule has 5 nitrogen and oxygen atoms in total. The van der Waals surface area contributed by atoms with Crippen molar-refractivity contribution in [2.75, 3.05) is 13.6 Å². The molecule has 122 valence electrons. The average molecular weight is 328 g/mol. The largest absolute Gasteiger partial charge is 0.464 e. The summed E-state index contributed by atoms with van der Waals surface area (Å²) >= 11 is 0. The summed E-state index contributed by atoms with van der Waals surface area (Å²) < 4.78 is 67.5. The first-order chi connectivity index (χ1) is 9.65. The maximum Gasteiger partial charge on any atom is 0.389 e. The summed E-state index contributed by atoms with van der Waals surface area (Å²) in [4.78, 5) is 0.0172. The lowest BCUT2D eigenvalue weighted by Crippen LogP contribution is -2.25. The fourth-order valence-electron chi connectivity index (χ4n) is 1.79. The van der Waals surface area contributed by atoms with Crippen LogP contribution in [-0.2, 0) is 16.6 Å². The van der Waals surface area contributed by atoms with Gasteiger partial charge in [-0.25, -0.2) is 13.1 Å². The van der Waals surface area contributed by atoms with Crippen LogP contribution in [0.3, 0.4) is 0 Å². The van der Waals surface area contributed by atoms with Crippen molar-refractivity contribution in [2.24, 2.45) is 0 Å². The molecule has 21 heavy (non-hydrogen) atoms. The molecule has 9 heteroatoms. The Morgan fingerprint density at radius 1 is 1.29 bits per heavy atom. The number of unbranched alkanes of at least 4 members (excludes halogenated alkanes) is 1. The van der Waals surface area contributed by atoms with Crippen LogP contribution >= 0.6 is 0 Å². The maximum absolute atomic E-state index is 12.0. The number of rotatable bonds is 8. The van der Waals surface area contributed by atoms with Gasteiger partial charge in [-0.2, -0.15) is 13.2 Å². The molecule has 1 rings (SSSR count). The Morgan fingerprint density at radius 2 is 1.95 bits per heavy atom. The standard InChI is InChI=1S/C12H19F3N2O3S/c1-9-11(7-10(20-9)8-16-2)21(18,19)17-6-4-3-5-12(13,14)15/h7,16-17H,3-6,8H2,1-2H3. The van der Waals surface area contributed by atoms with Crippen LogP contribution in [0.5, 0.6) is 0 Å². The molecule has 0 atom stereocenters. The number of sulfonamides is 1. The molecule has 0 aliphatic carbocycles. The van der Waals surface area contributed by atoms with Gasteiger partial charge in [0.2, 0.25) is 10.0 Å². The average Bonchev–Trinajstić information content (AvgIpc) is 2.69. The predicted molar refractivity (Wildman–Crippen MR) is 71.3 cm³/mol. The lowest BCUT2D eigenvalue weighted by Gasteiger charge is -2.07. The smallest absolute Gasteiger partial charge is 0.389 e. The van der Waals surface area contributed by atoms with Gasteiger partial charge in [-0.05, 0) is 26.8 Å². The molecule has 1 aromatic heterocycles. The first kappa shape index (κ1) is 18.0. The van der Waals surface area contributed by atoms with Crippen molar-refractivity contribution in [1.82, 2.24) is 10.0 Å². The van der Waals surface area contributed by atoms with Gasteiger partial charge in [-0.3, -0.25) is 0 Å². The first-order valence-corrected chi connectivity index (χ1v) is 7.94. The Kier molecular flexibility index (Phi) is 6.24. The van der Waals surface area contributed by atoms with Crippen LogP contribution in [-0.4, -0.2) is 28.2 Å². The monoisotopic (exact) mass is 328 g/mol. The van der Waals surface area contributed by atoms with E-state index in [1.807, 2.05) is 0 Å². The molecule has 0 unspecified atom stereocenters. The van der Waals surface area contributed by atoms with Gasteiger partial charge in [0.15, 0.2) is 0 Å². The summed E-state index contributed by atoms with van der Waals surface area (Å²) in [6, 6.07) is 1.41. The summed E-state index contributed by atoms with van der Waals surface area (Å²) in [5.74, 6) is 0.732. The van der Waals surface area contributed by atoms with Crippen molar-refractivity contribution in [3.05, 3.63) is 17.6 Å². The highest BCUT2D eigenvalue weighted by Gasteiger charge is 2.26. The number of alkyl halides is 3. The van der Waals surface area contributed by atoms with Gasteiger partial charge in [-0.15, -0.1) is 0 Å². The van der Waals surface area contributed by atoms with Gasteiger partial charge in [0.05, 0.1) is 6.54 Å². The molecule has 0 aliphatic rings. The molecule has 2 N–H and O–H groups in total. The van der Waals surface area contributed by atoms with Crippen LogP contribution in [0, 0.1) is 6.92 Å². The van der Waals surface area contributed by atoms with Crippen molar-refractivity contribution < 1.29 is 26.0 Å². The lowest BCUT2D eigenvalue weighted by molar-refractivity contribution is -0.135. The minimum Gasteiger partial charge on any atom is -0.464 e. The van der Waals surface area contributed by atoms with E-state index in [-0.39, 0.29) is 30.0 Å². The molecule has 1 aromatic rings. The summed E-state index contributed by atoms with van der Waals surface area (Å²) in [7, 11) is -2.06. The third kappa shape index (κ3) is 6.06. The van der Waals surface area contributed by atoms with Crippen LogP contribution in [0.15, 0.2) is 15.4 Å². The van der Waals surface area contributed by atoms with Crippen molar-refractivity contribution in [3.8, 4) is 0 Å². The van der Waals surface area contributed by atoms with Crippen molar-refractivity contribution >= 4 is 10.0 Å². The molecule has 0 saturated carbocycles. The molecular weight excluding hydrogens is 309 g/mol. The molecular formula is C12H19F3N2O3S. The maximum atomic E-state index is 12.0. The molecule has 0 aliphatic heterocycles. The van der Waals surface area contributed by atoms with E-state index in [4.69, 9.17) is 4.42 Å². The minimum atomic E-state index is -4.21. The topological polar surface area (TPSA) is 71.3 Å². The van der Waals surface area contributed by atoms with Crippen molar-refractivity contribution in [3.63, 3.8) is 0 Å². The second-order valence-corrected chi connectivity index (χ2v) is 6.37. The Hall–Kier alpha value is -1.06. The fraction of sp³-hybridized carbons (Fsp3) is 0.667. The summed E-state index contributed by atoms with van der Waals surface area (Å²) in [6.07, 6.45) is -5.10. The Balaban J connectivity index is 2.54. The van der Waals surface area contributed by atoms with Crippen LogP contribution in [0.1, 0.15) is 30.8 Å². The zero-order chi connectivity index (χ0) is 16.1. The number of hydrogen-bond donors (Lipinski definition) is 2. The van der Waals surface area contributed by atoms with Gasteiger partial charge in [0.1, 0.15) is 16.4 Å². The predicted octanol–water partition coefficient (Wildman–Crippen LogP) is 2.32. The highest BCUT2D eigenvalue weighted by molar-refractivity contribution is 7.89. The number of aryl methyl sites for hydroxylation is 1. The van der Waals surface area contributed by atoms with E-state index in [0.717, 1.165) is 0 Å². The Labute approximate surface area is 122 Å². The van der Waals surface area contributed by atoms with E-state index in [1.54, 1.807) is 7.05 Å². The van der Waals surface area contributed by atoms with E-state index in [2.05, 4.69) is 10.0 Å². The number of nitrogens with one attached hydrogen (secondary N) is 2. The molecule has 0 saturated heterocycles. The number of hydrogen-bond acceptors (Lipinski definition) is 4. The third-order valence-electron chi connectivity index (χ3n) is 2.74. The van der Waals surface area contributed by atoms with Gasteiger partial charge in [-0.1, -0.05) is 0 Å². The fourth-order valence-corrected chi connectivity index (χ4v) is 3.06. The van der Waals surface area contributed by atoms with Gasteiger partial charge >= 0.3 is 6.18 Å². The summed E-state index contributed by atoms with van der Waals surface area (Å²) in [5.41, 5.74) is 0. The SMILES string of the molecule is CNCc1cc(S(=O)(=O)NCCCCC(F)(F)F)c(C)o1. The highest BCUT2D eigenvalue weighted by Crippen LogP contribution is 2.22. The van der Waals surface area contributed by atoms with E-state index in [1.165, 1.54) is 13.0 Å². The van der Waals surface area contributed by atoms with Crippen LogP contribution < -0.4 is 10.0 Å². The van der Waals surface area contributed by atoms with Crippen LogP contribution in [0.25, 0.3) is 0 Å². The second kappa shape index (κ2) is 7.28. The highest BCUT2D eigenvalue weighted by atomic mass is 32.2. The van der Waals surface area contributed by atoms with Gasteiger partial charge in [0.25, 0.3) is 0 Å². The Morgan fingerprint density at radius 3 is 2.52 bits per heavy atom. The van der Waals surface area contributed by atoms with E-state index >= 15 is 0 Å². The van der Waals surface area contributed by atoms with E-state index in [9.17, 15) is 21.6 Å². The number of halogens is 3. The molecule has 0 aromatic carbocycles. The third-order valence-corrected chi connectivity index (χ3v) is 4.31. The molecule has 0 spiro atoms. The lowest BCUT2D eigenvalue weighted by atomic mass is 10.2. The Bertz CT molecular complexity index is 553. The number of furan rings is 1. The second-order valence-electron chi connectivity index (χ2n) is 4.63. The van der Waals surface area contributed by atoms with Gasteiger partial charge < -0.3 is 9.73 Å². The quantitative estimate of drug-likeness (QED) is 0.719. The summed E-state index contributed by atoms with van der Waals surface area (Å²) in [6.45, 7) is 1.88. The van der Waals surface area contributed by atoms with Crippen LogP contribution in [0.2, 0.25) is 0 Å². The molecule has 0 fully saturated rings. The zero-order valence-corrected chi connectivity index (χ0v) is 12.7.